The highest BCUT2D eigenvalue weighted by Gasteiger charge is 2.29. The number of carbonyl (C=O) groups is 1. The molecule has 146 valence electrons. The lowest BCUT2D eigenvalue weighted by atomic mass is 10.1. The second-order valence-electron chi connectivity index (χ2n) is 5.59. The van der Waals surface area contributed by atoms with Crippen LogP contribution in [0.15, 0.2) is 53.4 Å². The van der Waals surface area contributed by atoms with Crippen molar-refractivity contribution in [1.82, 2.24) is 5.32 Å². The maximum Gasteiger partial charge on any atom is 0.416 e. The van der Waals surface area contributed by atoms with Gasteiger partial charge in [0.25, 0.3) is 0 Å². The normalized spacial score (nSPS) is 11.9. The summed E-state index contributed by atoms with van der Waals surface area (Å²) in [5.41, 5.74) is -0.167. The van der Waals surface area contributed by atoms with Crippen LogP contribution in [0, 0.1) is 0 Å². The van der Waals surface area contributed by atoms with Gasteiger partial charge in [-0.05, 0) is 42.0 Å². The van der Waals surface area contributed by atoms with Gasteiger partial charge in [-0.15, -0.1) is 0 Å². The Hall–Kier alpha value is -2.59. The molecule has 0 aliphatic rings. The molecule has 0 atom stereocenters. The number of nitrogens with two attached hydrogens (primary N) is 1. The topological polar surface area (TPSA) is 98.5 Å². The van der Waals surface area contributed by atoms with Crippen molar-refractivity contribution in [3.63, 3.8) is 0 Å². The van der Waals surface area contributed by atoms with Crippen LogP contribution in [0.3, 0.4) is 0 Å². The van der Waals surface area contributed by atoms with Crippen LogP contribution in [0.5, 0.6) is 5.75 Å². The zero-order chi connectivity index (χ0) is 20.1. The van der Waals surface area contributed by atoms with E-state index in [1.807, 2.05) is 0 Å². The molecule has 0 aromatic heterocycles. The third-order valence-corrected chi connectivity index (χ3v) is 4.42. The van der Waals surface area contributed by atoms with Crippen LogP contribution >= 0.6 is 0 Å². The summed E-state index contributed by atoms with van der Waals surface area (Å²) in [7, 11) is -3.78. The van der Waals surface area contributed by atoms with E-state index in [-0.39, 0.29) is 36.1 Å². The molecule has 2 rings (SSSR count). The van der Waals surface area contributed by atoms with Gasteiger partial charge >= 0.3 is 6.18 Å². The van der Waals surface area contributed by atoms with E-state index in [4.69, 9.17) is 9.88 Å². The summed E-state index contributed by atoms with van der Waals surface area (Å²) >= 11 is 0. The number of rotatable bonds is 7. The average Bonchev–Trinajstić information content (AvgIpc) is 2.58. The first-order chi connectivity index (χ1) is 12.6. The van der Waals surface area contributed by atoms with E-state index in [1.165, 1.54) is 36.4 Å². The van der Waals surface area contributed by atoms with Gasteiger partial charge in [0.05, 0.1) is 23.4 Å². The predicted molar refractivity (Wildman–Crippen MR) is 91.5 cm³/mol. The Bertz CT molecular complexity index is 880. The fraction of sp³-hybridized carbons (Fsp3) is 0.235. The van der Waals surface area contributed by atoms with Crippen LogP contribution in [0.25, 0.3) is 0 Å². The summed E-state index contributed by atoms with van der Waals surface area (Å²) in [6.45, 7) is 0.247. The molecule has 1 amide bonds. The van der Waals surface area contributed by atoms with Crippen molar-refractivity contribution in [3.05, 3.63) is 59.7 Å². The first kappa shape index (κ1) is 20.7. The highest BCUT2D eigenvalue weighted by Crippen LogP contribution is 2.30. The Morgan fingerprint density at radius 3 is 2.15 bits per heavy atom. The number of hydrogen-bond acceptors (Lipinski definition) is 4. The zero-order valence-electron chi connectivity index (χ0n) is 14.0. The molecule has 0 radical (unpaired) electrons. The molecule has 0 aliphatic heterocycles. The molecule has 27 heavy (non-hydrogen) atoms. The van der Waals surface area contributed by atoms with Crippen molar-refractivity contribution in [3.8, 4) is 5.75 Å². The summed E-state index contributed by atoms with van der Waals surface area (Å²) in [6, 6.07) is 9.83. The Kier molecular flexibility index (Phi) is 6.45. The number of nitrogens with one attached hydrogen (secondary N) is 1. The lowest BCUT2D eigenvalue weighted by Gasteiger charge is -2.10. The standard InChI is InChI=1S/C17H17F3N2O4S/c18-17(19,20)13-3-5-14(6-4-13)26-10-9-22-16(23)11-12-1-7-15(8-2-12)27(21,24)25/h1-8H,9-11H2,(H,22,23)(H2,21,24,25). The van der Waals surface area contributed by atoms with Crippen LogP contribution < -0.4 is 15.2 Å². The molecular formula is C17H17F3N2O4S. The molecule has 0 fully saturated rings. The van der Waals surface area contributed by atoms with Crippen molar-refractivity contribution in [2.45, 2.75) is 17.5 Å². The van der Waals surface area contributed by atoms with Crippen molar-refractivity contribution in [1.29, 1.82) is 0 Å². The van der Waals surface area contributed by atoms with E-state index in [0.717, 1.165) is 12.1 Å². The molecule has 0 unspecified atom stereocenters. The molecule has 3 N–H and O–H groups in total. The van der Waals surface area contributed by atoms with Crippen molar-refractivity contribution in [2.24, 2.45) is 5.14 Å². The minimum atomic E-state index is -4.40. The van der Waals surface area contributed by atoms with Crippen molar-refractivity contribution >= 4 is 15.9 Å². The number of sulfonamides is 1. The van der Waals surface area contributed by atoms with Crippen LogP contribution in [-0.4, -0.2) is 27.5 Å². The van der Waals surface area contributed by atoms with E-state index < -0.39 is 21.8 Å². The number of carbonyl (C=O) groups excluding carboxylic acids is 1. The molecule has 10 heteroatoms. The Morgan fingerprint density at radius 2 is 1.63 bits per heavy atom. The molecule has 2 aromatic rings. The fourth-order valence-corrected chi connectivity index (χ4v) is 2.66. The van der Waals surface area contributed by atoms with Crippen LogP contribution in [0.1, 0.15) is 11.1 Å². The smallest absolute Gasteiger partial charge is 0.416 e. The minimum Gasteiger partial charge on any atom is -0.492 e. The summed E-state index contributed by atoms with van der Waals surface area (Å²) in [5, 5.41) is 7.58. The number of primary sulfonamides is 1. The Labute approximate surface area is 154 Å². The average molecular weight is 402 g/mol. The van der Waals surface area contributed by atoms with Gasteiger partial charge in [-0.3, -0.25) is 4.79 Å². The molecule has 0 saturated heterocycles. The van der Waals surface area contributed by atoms with E-state index in [2.05, 4.69) is 5.32 Å². The molecule has 2 aromatic carbocycles. The maximum atomic E-state index is 12.5. The number of ether oxygens (including phenoxy) is 1. The first-order valence-electron chi connectivity index (χ1n) is 7.74. The van der Waals surface area contributed by atoms with Crippen LogP contribution in [0.2, 0.25) is 0 Å². The van der Waals surface area contributed by atoms with E-state index in [0.29, 0.717) is 5.56 Å². The highest BCUT2D eigenvalue weighted by molar-refractivity contribution is 7.89. The number of alkyl halides is 3. The lowest BCUT2D eigenvalue weighted by Crippen LogP contribution is -2.29. The summed E-state index contributed by atoms with van der Waals surface area (Å²) in [4.78, 5) is 11.8. The number of halogens is 3. The Balaban J connectivity index is 1.75. The summed E-state index contributed by atoms with van der Waals surface area (Å²) in [6.07, 6.45) is -4.37. The van der Waals surface area contributed by atoms with Gasteiger partial charge in [0.2, 0.25) is 15.9 Å². The van der Waals surface area contributed by atoms with Gasteiger partial charge in [0.15, 0.2) is 0 Å². The molecule has 0 spiro atoms. The zero-order valence-corrected chi connectivity index (χ0v) is 14.8. The van der Waals surface area contributed by atoms with Gasteiger partial charge in [0.1, 0.15) is 12.4 Å². The van der Waals surface area contributed by atoms with Crippen LogP contribution in [-0.2, 0) is 27.4 Å². The first-order valence-corrected chi connectivity index (χ1v) is 9.29. The molecular weight excluding hydrogens is 385 g/mol. The van der Waals surface area contributed by atoms with Crippen molar-refractivity contribution < 1.29 is 31.1 Å². The largest absolute Gasteiger partial charge is 0.492 e. The molecule has 0 aliphatic carbocycles. The van der Waals surface area contributed by atoms with E-state index >= 15 is 0 Å². The molecule has 0 heterocycles. The number of amides is 1. The van der Waals surface area contributed by atoms with Gasteiger partial charge in [0, 0.05) is 0 Å². The SMILES string of the molecule is NS(=O)(=O)c1ccc(CC(=O)NCCOc2ccc(C(F)(F)F)cc2)cc1. The maximum absolute atomic E-state index is 12.5. The van der Waals surface area contributed by atoms with Crippen LogP contribution in [0.4, 0.5) is 13.2 Å². The minimum absolute atomic E-state index is 0.0329. The third-order valence-electron chi connectivity index (χ3n) is 3.49. The summed E-state index contributed by atoms with van der Waals surface area (Å²) < 4.78 is 64.9. The monoisotopic (exact) mass is 402 g/mol. The number of benzene rings is 2. The van der Waals surface area contributed by atoms with Gasteiger partial charge in [-0.1, -0.05) is 12.1 Å². The molecule has 0 saturated carbocycles. The summed E-state index contributed by atoms with van der Waals surface area (Å²) in [5.74, 6) is -0.0507. The third kappa shape index (κ3) is 6.57. The Morgan fingerprint density at radius 1 is 1.04 bits per heavy atom. The molecule has 6 nitrogen and oxygen atoms in total. The van der Waals surface area contributed by atoms with Gasteiger partial charge in [-0.2, -0.15) is 13.2 Å². The number of hydrogen-bond donors (Lipinski definition) is 2. The lowest BCUT2D eigenvalue weighted by molar-refractivity contribution is -0.137. The second-order valence-corrected chi connectivity index (χ2v) is 7.15. The highest BCUT2D eigenvalue weighted by atomic mass is 32.2. The van der Waals surface area contributed by atoms with Gasteiger partial charge < -0.3 is 10.1 Å². The van der Waals surface area contributed by atoms with Gasteiger partial charge in [-0.25, -0.2) is 13.6 Å². The van der Waals surface area contributed by atoms with E-state index in [1.54, 1.807) is 0 Å². The quantitative estimate of drug-likeness (QED) is 0.693. The second kappa shape index (κ2) is 8.40. The molecule has 0 bridgehead atoms. The fourth-order valence-electron chi connectivity index (χ4n) is 2.14. The van der Waals surface area contributed by atoms with Crippen molar-refractivity contribution in [2.75, 3.05) is 13.2 Å². The van der Waals surface area contributed by atoms with E-state index in [9.17, 15) is 26.4 Å². The predicted octanol–water partition coefficient (Wildman–Crippen LogP) is 2.09.